The van der Waals surface area contributed by atoms with Crippen molar-refractivity contribution < 1.29 is 28.5 Å². The second kappa shape index (κ2) is 11.1. The summed E-state index contributed by atoms with van der Waals surface area (Å²) in [5.41, 5.74) is 0.540. The minimum atomic E-state index is 0.372. The average molecular weight is 298 g/mol. The molecule has 0 spiro atoms. The molecule has 0 heterocycles. The fourth-order valence-electron chi connectivity index (χ4n) is 1.55. The SMILES string of the molecule is COCCOCCOCCOc1cc(C=O)ccc1OC. The van der Waals surface area contributed by atoms with Gasteiger partial charge in [-0.15, -0.1) is 0 Å². The van der Waals surface area contributed by atoms with Crippen molar-refractivity contribution >= 4 is 6.29 Å². The first-order chi connectivity index (χ1) is 10.3. The molecule has 0 saturated heterocycles. The van der Waals surface area contributed by atoms with E-state index in [4.69, 9.17) is 23.7 Å². The molecule has 1 aromatic rings. The van der Waals surface area contributed by atoms with Crippen LogP contribution < -0.4 is 9.47 Å². The predicted molar refractivity (Wildman–Crippen MR) is 77.4 cm³/mol. The van der Waals surface area contributed by atoms with Crippen LogP contribution in [-0.2, 0) is 14.2 Å². The van der Waals surface area contributed by atoms with E-state index in [0.717, 1.165) is 6.29 Å². The molecule has 0 saturated carbocycles. The Morgan fingerprint density at radius 3 is 2.19 bits per heavy atom. The van der Waals surface area contributed by atoms with Gasteiger partial charge in [0.25, 0.3) is 0 Å². The van der Waals surface area contributed by atoms with Crippen LogP contribution in [-0.4, -0.2) is 60.1 Å². The first-order valence-electron chi connectivity index (χ1n) is 6.72. The summed E-state index contributed by atoms with van der Waals surface area (Å²) >= 11 is 0. The van der Waals surface area contributed by atoms with Crippen molar-refractivity contribution in [2.75, 3.05) is 53.9 Å². The molecule has 0 unspecified atom stereocenters. The van der Waals surface area contributed by atoms with Crippen molar-refractivity contribution in [2.24, 2.45) is 0 Å². The van der Waals surface area contributed by atoms with Crippen LogP contribution in [0.5, 0.6) is 11.5 Å². The molecule has 0 N–H and O–H groups in total. The molecule has 21 heavy (non-hydrogen) atoms. The summed E-state index contributed by atoms with van der Waals surface area (Å²) in [5.74, 6) is 1.12. The third kappa shape index (κ3) is 7.08. The van der Waals surface area contributed by atoms with E-state index in [9.17, 15) is 4.79 Å². The number of aldehydes is 1. The number of hydrogen-bond donors (Lipinski definition) is 0. The number of hydrogen-bond acceptors (Lipinski definition) is 6. The zero-order valence-electron chi connectivity index (χ0n) is 12.5. The molecule has 6 heteroatoms. The minimum absolute atomic E-state index is 0.372. The van der Waals surface area contributed by atoms with Gasteiger partial charge in [-0.2, -0.15) is 0 Å². The van der Waals surface area contributed by atoms with Crippen LogP contribution in [0, 0.1) is 0 Å². The normalized spacial score (nSPS) is 10.4. The van der Waals surface area contributed by atoms with Gasteiger partial charge in [-0.25, -0.2) is 0 Å². The van der Waals surface area contributed by atoms with Crippen molar-refractivity contribution in [1.82, 2.24) is 0 Å². The van der Waals surface area contributed by atoms with Gasteiger partial charge in [0.2, 0.25) is 0 Å². The molecule has 0 aromatic heterocycles. The molecule has 0 aliphatic rings. The first-order valence-corrected chi connectivity index (χ1v) is 6.72. The van der Waals surface area contributed by atoms with E-state index in [-0.39, 0.29) is 0 Å². The Hall–Kier alpha value is -1.63. The number of ether oxygens (including phenoxy) is 5. The van der Waals surface area contributed by atoms with Crippen LogP contribution in [0.25, 0.3) is 0 Å². The first kappa shape index (κ1) is 17.4. The van der Waals surface area contributed by atoms with E-state index < -0.39 is 0 Å². The molecular formula is C15H22O6. The Kier molecular flexibility index (Phi) is 9.19. The standard InChI is InChI=1S/C15H22O6/c1-17-5-6-19-7-8-20-9-10-21-15-11-13(12-16)3-4-14(15)18-2/h3-4,11-12H,5-10H2,1-2H3. The van der Waals surface area contributed by atoms with Crippen LogP contribution >= 0.6 is 0 Å². The number of rotatable bonds is 12. The van der Waals surface area contributed by atoms with Gasteiger partial charge in [-0.05, 0) is 18.2 Å². The number of carbonyl (C=O) groups excluding carboxylic acids is 1. The van der Waals surface area contributed by atoms with E-state index in [2.05, 4.69) is 0 Å². The summed E-state index contributed by atoms with van der Waals surface area (Å²) in [6.45, 7) is 2.97. The van der Waals surface area contributed by atoms with E-state index in [1.807, 2.05) is 0 Å². The van der Waals surface area contributed by atoms with Gasteiger partial charge in [0.15, 0.2) is 11.5 Å². The fourth-order valence-corrected chi connectivity index (χ4v) is 1.55. The van der Waals surface area contributed by atoms with E-state index in [0.29, 0.717) is 56.7 Å². The number of benzene rings is 1. The Morgan fingerprint density at radius 1 is 0.905 bits per heavy atom. The highest BCUT2D eigenvalue weighted by Crippen LogP contribution is 2.27. The lowest BCUT2D eigenvalue weighted by Gasteiger charge is -2.11. The van der Waals surface area contributed by atoms with Crippen molar-refractivity contribution in [1.29, 1.82) is 0 Å². The molecular weight excluding hydrogens is 276 g/mol. The lowest BCUT2D eigenvalue weighted by molar-refractivity contribution is 0.0178. The van der Waals surface area contributed by atoms with Crippen LogP contribution in [0.2, 0.25) is 0 Å². The van der Waals surface area contributed by atoms with E-state index in [1.165, 1.54) is 0 Å². The molecule has 0 amide bonds. The summed E-state index contributed by atoms with van der Waals surface area (Å²) in [6, 6.07) is 5.01. The Balaban J connectivity index is 2.18. The van der Waals surface area contributed by atoms with Gasteiger partial charge in [-0.1, -0.05) is 0 Å². The summed E-state index contributed by atoms with van der Waals surface area (Å²) in [6.07, 6.45) is 0.764. The number of methoxy groups -OCH3 is 2. The Labute approximate surface area is 124 Å². The van der Waals surface area contributed by atoms with Crippen molar-refractivity contribution in [3.8, 4) is 11.5 Å². The van der Waals surface area contributed by atoms with Crippen molar-refractivity contribution in [3.63, 3.8) is 0 Å². The highest BCUT2D eigenvalue weighted by atomic mass is 16.6. The topological polar surface area (TPSA) is 63.2 Å². The molecule has 0 aliphatic carbocycles. The summed E-state index contributed by atoms with van der Waals surface area (Å²) in [4.78, 5) is 10.7. The zero-order chi connectivity index (χ0) is 15.3. The van der Waals surface area contributed by atoms with Crippen molar-refractivity contribution in [3.05, 3.63) is 23.8 Å². The molecule has 6 nitrogen and oxygen atoms in total. The maximum absolute atomic E-state index is 10.7. The van der Waals surface area contributed by atoms with Crippen LogP contribution in [0.3, 0.4) is 0 Å². The third-order valence-corrected chi connectivity index (χ3v) is 2.61. The van der Waals surface area contributed by atoms with Gasteiger partial charge >= 0.3 is 0 Å². The van der Waals surface area contributed by atoms with Crippen molar-refractivity contribution in [2.45, 2.75) is 0 Å². The lowest BCUT2D eigenvalue weighted by Crippen LogP contribution is -2.12. The van der Waals surface area contributed by atoms with Crippen LogP contribution in [0.1, 0.15) is 10.4 Å². The largest absolute Gasteiger partial charge is 0.493 e. The lowest BCUT2D eigenvalue weighted by atomic mass is 10.2. The van der Waals surface area contributed by atoms with Gasteiger partial charge in [0, 0.05) is 12.7 Å². The van der Waals surface area contributed by atoms with E-state index in [1.54, 1.807) is 32.4 Å². The molecule has 1 rings (SSSR count). The zero-order valence-corrected chi connectivity index (χ0v) is 12.5. The number of carbonyl (C=O) groups is 1. The molecule has 118 valence electrons. The quantitative estimate of drug-likeness (QED) is 0.431. The van der Waals surface area contributed by atoms with E-state index >= 15 is 0 Å². The molecule has 0 atom stereocenters. The molecule has 0 aliphatic heterocycles. The predicted octanol–water partition coefficient (Wildman–Crippen LogP) is 1.57. The van der Waals surface area contributed by atoms with Gasteiger partial charge in [0.1, 0.15) is 12.9 Å². The fraction of sp³-hybridized carbons (Fsp3) is 0.533. The second-order valence-corrected chi connectivity index (χ2v) is 4.09. The smallest absolute Gasteiger partial charge is 0.161 e. The summed E-state index contributed by atoms with van der Waals surface area (Å²) < 4.78 is 26.2. The Morgan fingerprint density at radius 2 is 1.57 bits per heavy atom. The van der Waals surface area contributed by atoms with Crippen LogP contribution in [0.15, 0.2) is 18.2 Å². The maximum Gasteiger partial charge on any atom is 0.161 e. The third-order valence-electron chi connectivity index (χ3n) is 2.61. The molecule has 1 aromatic carbocycles. The van der Waals surface area contributed by atoms with Gasteiger partial charge < -0.3 is 23.7 Å². The molecule has 0 fully saturated rings. The average Bonchev–Trinajstić information content (AvgIpc) is 2.53. The minimum Gasteiger partial charge on any atom is -0.493 e. The van der Waals surface area contributed by atoms with Gasteiger partial charge in [-0.3, -0.25) is 4.79 Å². The second-order valence-electron chi connectivity index (χ2n) is 4.09. The maximum atomic E-state index is 10.7. The molecule has 0 bridgehead atoms. The highest BCUT2D eigenvalue weighted by Gasteiger charge is 2.05. The highest BCUT2D eigenvalue weighted by molar-refractivity contribution is 5.76. The monoisotopic (exact) mass is 298 g/mol. The summed E-state index contributed by atoms with van der Waals surface area (Å²) in [5, 5.41) is 0. The molecule has 0 radical (unpaired) electrons. The van der Waals surface area contributed by atoms with Gasteiger partial charge in [0.05, 0.1) is 40.1 Å². The van der Waals surface area contributed by atoms with Crippen LogP contribution in [0.4, 0.5) is 0 Å². The Bertz CT molecular complexity index is 407. The summed E-state index contributed by atoms with van der Waals surface area (Å²) in [7, 11) is 3.18.